The summed E-state index contributed by atoms with van der Waals surface area (Å²) in [6.07, 6.45) is -0.260. The molecule has 26 heavy (non-hydrogen) atoms. The zero-order chi connectivity index (χ0) is 18.3. The Bertz CT molecular complexity index is 980. The quantitative estimate of drug-likeness (QED) is 0.785. The number of nitrogens with zero attached hydrogens (tertiary/aromatic N) is 3. The van der Waals surface area contributed by atoms with Crippen molar-refractivity contribution < 1.29 is 14.7 Å². The zero-order valence-electron chi connectivity index (χ0n) is 14.4. The minimum absolute atomic E-state index is 0.181. The Kier molecular flexibility index (Phi) is 3.95. The van der Waals surface area contributed by atoms with Crippen LogP contribution in [0.5, 0.6) is 0 Å². The molecule has 6 heteroatoms. The number of carboxylic acids is 1. The number of hydrogen-bond acceptors (Lipinski definition) is 3. The van der Waals surface area contributed by atoms with Crippen LogP contribution in [-0.4, -0.2) is 31.4 Å². The lowest BCUT2D eigenvalue weighted by Gasteiger charge is -2.38. The molecule has 0 saturated carbocycles. The van der Waals surface area contributed by atoms with E-state index in [4.69, 9.17) is 4.98 Å². The van der Waals surface area contributed by atoms with E-state index in [0.29, 0.717) is 6.54 Å². The number of carbonyl (C=O) groups excluding carboxylic acids is 1. The predicted octanol–water partition coefficient (Wildman–Crippen LogP) is 3.16. The molecule has 0 radical (unpaired) electrons. The van der Waals surface area contributed by atoms with Gasteiger partial charge in [0.15, 0.2) is 0 Å². The van der Waals surface area contributed by atoms with Crippen molar-refractivity contribution in [2.45, 2.75) is 32.0 Å². The van der Waals surface area contributed by atoms with Crippen molar-refractivity contribution in [3.8, 4) is 0 Å². The Hall–Kier alpha value is -3.15. The molecular weight excluding hydrogens is 330 g/mol. The average Bonchev–Trinajstić information content (AvgIpc) is 3.03. The summed E-state index contributed by atoms with van der Waals surface area (Å²) in [6, 6.07) is 16.2. The van der Waals surface area contributed by atoms with Crippen LogP contribution in [0.2, 0.25) is 0 Å². The van der Waals surface area contributed by atoms with Gasteiger partial charge in [0.05, 0.1) is 23.5 Å². The molecule has 4 rings (SSSR count). The molecule has 0 spiro atoms. The van der Waals surface area contributed by atoms with Gasteiger partial charge in [0.1, 0.15) is 11.9 Å². The third-order valence-corrected chi connectivity index (χ3v) is 4.91. The van der Waals surface area contributed by atoms with Crippen molar-refractivity contribution in [1.82, 2.24) is 14.5 Å². The van der Waals surface area contributed by atoms with E-state index in [2.05, 4.69) is 0 Å². The summed E-state index contributed by atoms with van der Waals surface area (Å²) < 4.78 is 1.80. The number of carboxylic acid groups (broad SMARTS) is 1. The highest BCUT2D eigenvalue weighted by molar-refractivity contribution is 5.89. The van der Waals surface area contributed by atoms with Gasteiger partial charge in [-0.05, 0) is 24.6 Å². The Morgan fingerprint density at radius 2 is 1.81 bits per heavy atom. The van der Waals surface area contributed by atoms with Crippen LogP contribution < -0.4 is 0 Å². The molecule has 6 nitrogen and oxygen atoms in total. The van der Waals surface area contributed by atoms with Crippen molar-refractivity contribution in [3.63, 3.8) is 0 Å². The van der Waals surface area contributed by atoms with Gasteiger partial charge in [0, 0.05) is 6.54 Å². The molecule has 2 aromatic carbocycles. The van der Waals surface area contributed by atoms with Crippen LogP contribution in [0.4, 0.5) is 0 Å². The third-order valence-electron chi connectivity index (χ3n) is 4.91. The van der Waals surface area contributed by atoms with Crippen molar-refractivity contribution in [3.05, 3.63) is 66.0 Å². The van der Waals surface area contributed by atoms with E-state index < -0.39 is 12.0 Å². The molecule has 1 N–H and O–H groups in total. The number of carbonyl (C=O) groups is 2. The highest BCUT2D eigenvalue weighted by atomic mass is 16.4. The molecule has 1 amide bonds. The first kappa shape index (κ1) is 16.3. The maximum Gasteiger partial charge on any atom is 0.306 e. The summed E-state index contributed by atoms with van der Waals surface area (Å²) in [5.41, 5.74) is 2.58. The summed E-state index contributed by atoms with van der Waals surface area (Å²) in [7, 11) is 0. The monoisotopic (exact) mass is 349 g/mol. The molecule has 2 heterocycles. The van der Waals surface area contributed by atoms with Crippen LogP contribution in [0, 0.1) is 0 Å². The van der Waals surface area contributed by atoms with Gasteiger partial charge < -0.3 is 14.6 Å². The van der Waals surface area contributed by atoms with Gasteiger partial charge in [0.25, 0.3) is 0 Å². The molecule has 0 unspecified atom stereocenters. The molecule has 1 aromatic heterocycles. The second-order valence-corrected chi connectivity index (χ2v) is 6.57. The van der Waals surface area contributed by atoms with Crippen LogP contribution in [-0.2, 0) is 16.1 Å². The number of aliphatic carboxylic acids is 1. The first-order valence-corrected chi connectivity index (χ1v) is 8.59. The van der Waals surface area contributed by atoms with Gasteiger partial charge in [-0.3, -0.25) is 9.59 Å². The molecule has 0 aliphatic carbocycles. The first-order valence-electron chi connectivity index (χ1n) is 8.59. The smallest absolute Gasteiger partial charge is 0.306 e. The number of imidazole rings is 1. The summed E-state index contributed by atoms with van der Waals surface area (Å²) in [5.74, 6) is -0.450. The minimum atomic E-state index is -0.999. The SMILES string of the molecule is C[C@@H]1c2nc3ccccc3n2[C@H](CC(=O)O)C(=O)N1Cc1ccccc1. The van der Waals surface area contributed by atoms with E-state index >= 15 is 0 Å². The van der Waals surface area contributed by atoms with Gasteiger partial charge >= 0.3 is 5.97 Å². The third kappa shape index (κ3) is 2.63. The standard InChI is InChI=1S/C20H19N3O3/c1-13-19-21-15-9-5-6-10-16(15)23(19)17(11-18(24)25)20(26)22(13)12-14-7-3-2-4-8-14/h2-10,13,17H,11-12H2,1H3,(H,24,25)/t13-,17-/m1/s1. The Morgan fingerprint density at radius 1 is 1.12 bits per heavy atom. The van der Waals surface area contributed by atoms with E-state index in [9.17, 15) is 14.7 Å². The van der Waals surface area contributed by atoms with Gasteiger partial charge in [0.2, 0.25) is 5.91 Å². The first-order chi connectivity index (χ1) is 12.6. The van der Waals surface area contributed by atoms with E-state index in [1.165, 1.54) is 0 Å². The molecule has 0 bridgehead atoms. The number of para-hydroxylation sites is 2. The number of hydrogen-bond donors (Lipinski definition) is 1. The fraction of sp³-hybridized carbons (Fsp3) is 0.250. The van der Waals surface area contributed by atoms with Gasteiger partial charge in [-0.1, -0.05) is 42.5 Å². The van der Waals surface area contributed by atoms with Crippen molar-refractivity contribution in [2.24, 2.45) is 0 Å². The average molecular weight is 349 g/mol. The topological polar surface area (TPSA) is 75.4 Å². The van der Waals surface area contributed by atoms with E-state index in [-0.39, 0.29) is 18.4 Å². The predicted molar refractivity (Wildman–Crippen MR) is 96.4 cm³/mol. The Labute approximate surface area is 150 Å². The van der Waals surface area contributed by atoms with Crippen LogP contribution in [0.15, 0.2) is 54.6 Å². The van der Waals surface area contributed by atoms with Crippen molar-refractivity contribution in [2.75, 3.05) is 0 Å². The molecule has 1 aliphatic rings. The van der Waals surface area contributed by atoms with Crippen LogP contribution >= 0.6 is 0 Å². The van der Waals surface area contributed by atoms with Crippen molar-refractivity contribution >= 4 is 22.9 Å². The van der Waals surface area contributed by atoms with Crippen LogP contribution in [0.3, 0.4) is 0 Å². The molecule has 0 saturated heterocycles. The molecule has 1 aliphatic heterocycles. The van der Waals surface area contributed by atoms with E-state index in [1.807, 2.05) is 61.5 Å². The van der Waals surface area contributed by atoms with Crippen molar-refractivity contribution in [1.29, 1.82) is 0 Å². The van der Waals surface area contributed by atoms with Gasteiger partial charge in [-0.25, -0.2) is 4.98 Å². The lowest BCUT2D eigenvalue weighted by Crippen LogP contribution is -2.45. The largest absolute Gasteiger partial charge is 0.481 e. The molecule has 3 aromatic rings. The summed E-state index contributed by atoms with van der Waals surface area (Å²) >= 11 is 0. The molecule has 0 fully saturated rings. The Morgan fingerprint density at radius 3 is 2.54 bits per heavy atom. The number of rotatable bonds is 4. The highest BCUT2D eigenvalue weighted by Crippen LogP contribution is 2.37. The molecule has 132 valence electrons. The number of amides is 1. The lowest BCUT2D eigenvalue weighted by atomic mass is 10.0. The normalized spacial score (nSPS) is 19.6. The van der Waals surface area contributed by atoms with Gasteiger partial charge in [-0.15, -0.1) is 0 Å². The fourth-order valence-electron chi connectivity index (χ4n) is 3.66. The maximum absolute atomic E-state index is 13.2. The summed E-state index contributed by atoms with van der Waals surface area (Å²) in [5, 5.41) is 9.36. The van der Waals surface area contributed by atoms with Crippen LogP contribution in [0.1, 0.15) is 36.8 Å². The molecular formula is C20H19N3O3. The maximum atomic E-state index is 13.2. The fourth-order valence-corrected chi connectivity index (χ4v) is 3.66. The van der Waals surface area contributed by atoms with E-state index in [1.54, 1.807) is 9.47 Å². The summed E-state index contributed by atoms with van der Waals surface area (Å²) in [4.78, 5) is 31.0. The summed E-state index contributed by atoms with van der Waals surface area (Å²) in [6.45, 7) is 2.37. The number of fused-ring (bicyclic) bond motifs is 3. The zero-order valence-corrected chi connectivity index (χ0v) is 14.4. The Balaban J connectivity index is 1.82. The minimum Gasteiger partial charge on any atom is -0.481 e. The second kappa shape index (κ2) is 6.29. The molecule has 2 atom stereocenters. The van der Waals surface area contributed by atoms with Crippen LogP contribution in [0.25, 0.3) is 11.0 Å². The van der Waals surface area contributed by atoms with E-state index in [0.717, 1.165) is 22.4 Å². The number of benzene rings is 2. The second-order valence-electron chi connectivity index (χ2n) is 6.57. The number of aromatic nitrogens is 2. The lowest BCUT2D eigenvalue weighted by molar-refractivity contribution is -0.147. The van der Waals surface area contributed by atoms with Gasteiger partial charge in [-0.2, -0.15) is 0 Å². The highest BCUT2D eigenvalue weighted by Gasteiger charge is 2.40.